The van der Waals surface area contributed by atoms with Crippen LogP contribution in [0.25, 0.3) is 10.9 Å². The van der Waals surface area contributed by atoms with E-state index in [-0.39, 0.29) is 12.0 Å². The van der Waals surface area contributed by atoms with Gasteiger partial charge in [0.15, 0.2) is 0 Å². The fourth-order valence-electron chi connectivity index (χ4n) is 3.87. The van der Waals surface area contributed by atoms with Gasteiger partial charge in [0.1, 0.15) is 5.60 Å². The molecule has 2 aromatic rings. The van der Waals surface area contributed by atoms with E-state index >= 15 is 0 Å². The van der Waals surface area contributed by atoms with E-state index in [1.54, 1.807) is 12.0 Å². The Bertz CT molecular complexity index is 924. The standard InChI is InChI=1S/C23H34N4O4/c1-16-18(21(28)24-10-13-30-5)6-7-20-19(16)15-27(25-20)14-17-8-11-26(12-9-17)22(29)31-23(2,3)4/h6-7,15,17H,8-14H2,1-5H3,(H,24,28). The Morgan fingerprint density at radius 3 is 2.58 bits per heavy atom. The summed E-state index contributed by atoms with van der Waals surface area (Å²) in [4.78, 5) is 26.5. The third kappa shape index (κ3) is 5.97. The molecule has 2 amide bonds. The van der Waals surface area contributed by atoms with Gasteiger partial charge in [-0.1, -0.05) is 0 Å². The van der Waals surface area contributed by atoms with Crippen molar-refractivity contribution in [2.45, 2.75) is 52.7 Å². The average Bonchev–Trinajstić information content (AvgIpc) is 3.11. The minimum absolute atomic E-state index is 0.0984. The maximum atomic E-state index is 12.4. The molecule has 3 rings (SSSR count). The number of hydrogen-bond acceptors (Lipinski definition) is 5. The maximum absolute atomic E-state index is 12.4. The van der Waals surface area contributed by atoms with Crippen molar-refractivity contribution >= 4 is 22.9 Å². The van der Waals surface area contributed by atoms with E-state index < -0.39 is 5.60 Å². The van der Waals surface area contributed by atoms with Crippen molar-refractivity contribution in [3.63, 3.8) is 0 Å². The van der Waals surface area contributed by atoms with Crippen LogP contribution in [0.4, 0.5) is 4.79 Å². The number of rotatable bonds is 6. The summed E-state index contributed by atoms with van der Waals surface area (Å²) >= 11 is 0. The van der Waals surface area contributed by atoms with Crippen LogP contribution in [0.5, 0.6) is 0 Å². The number of nitrogens with zero attached hydrogens (tertiary/aromatic N) is 3. The number of aromatic nitrogens is 2. The molecule has 0 bridgehead atoms. The Hall–Kier alpha value is -2.61. The zero-order chi connectivity index (χ0) is 22.6. The molecule has 0 atom stereocenters. The minimum Gasteiger partial charge on any atom is -0.444 e. The number of hydrogen-bond donors (Lipinski definition) is 1. The maximum Gasteiger partial charge on any atom is 0.410 e. The molecule has 1 N–H and O–H groups in total. The molecule has 1 aliphatic heterocycles. The lowest BCUT2D eigenvalue weighted by Crippen LogP contribution is -2.42. The molecule has 1 fully saturated rings. The summed E-state index contributed by atoms with van der Waals surface area (Å²) in [6.45, 7) is 10.8. The predicted molar refractivity (Wildman–Crippen MR) is 119 cm³/mol. The fraction of sp³-hybridized carbons (Fsp3) is 0.609. The summed E-state index contributed by atoms with van der Waals surface area (Å²) in [6, 6.07) is 3.73. The second-order valence-corrected chi connectivity index (χ2v) is 9.18. The summed E-state index contributed by atoms with van der Waals surface area (Å²) in [5, 5.41) is 8.57. The molecule has 170 valence electrons. The first-order valence-corrected chi connectivity index (χ1v) is 10.9. The molecule has 2 heterocycles. The summed E-state index contributed by atoms with van der Waals surface area (Å²) in [5.74, 6) is 0.351. The first-order chi connectivity index (χ1) is 14.7. The van der Waals surface area contributed by atoms with Crippen LogP contribution < -0.4 is 5.32 Å². The summed E-state index contributed by atoms with van der Waals surface area (Å²) < 4.78 is 12.4. The summed E-state index contributed by atoms with van der Waals surface area (Å²) in [6.07, 6.45) is 3.63. The van der Waals surface area contributed by atoms with E-state index in [9.17, 15) is 9.59 Å². The number of nitrogens with one attached hydrogen (secondary N) is 1. The second-order valence-electron chi connectivity index (χ2n) is 9.18. The Balaban J connectivity index is 1.61. The number of aryl methyl sites for hydroxylation is 1. The molecule has 1 aromatic heterocycles. The van der Waals surface area contributed by atoms with Gasteiger partial charge in [0.25, 0.3) is 5.91 Å². The van der Waals surface area contributed by atoms with Crippen LogP contribution in [0.2, 0.25) is 0 Å². The van der Waals surface area contributed by atoms with Crippen LogP contribution in [0.15, 0.2) is 18.3 Å². The van der Waals surface area contributed by atoms with Crippen LogP contribution in [-0.4, -0.2) is 65.6 Å². The van der Waals surface area contributed by atoms with Gasteiger partial charge in [-0.2, -0.15) is 5.10 Å². The van der Waals surface area contributed by atoms with Crippen molar-refractivity contribution in [1.29, 1.82) is 0 Å². The third-order valence-electron chi connectivity index (χ3n) is 5.55. The number of piperidine rings is 1. The smallest absolute Gasteiger partial charge is 0.410 e. The van der Waals surface area contributed by atoms with Crippen LogP contribution in [-0.2, 0) is 16.0 Å². The predicted octanol–water partition coefficient (Wildman–Crippen LogP) is 3.37. The molecule has 0 spiro atoms. The fourth-order valence-corrected chi connectivity index (χ4v) is 3.87. The number of amides is 2. The van der Waals surface area contributed by atoms with Crippen molar-refractivity contribution in [3.05, 3.63) is 29.5 Å². The lowest BCUT2D eigenvalue weighted by molar-refractivity contribution is 0.0177. The zero-order valence-corrected chi connectivity index (χ0v) is 19.2. The van der Waals surface area contributed by atoms with Crippen molar-refractivity contribution in [2.24, 2.45) is 5.92 Å². The number of ether oxygens (including phenoxy) is 2. The van der Waals surface area contributed by atoms with E-state index in [0.717, 1.165) is 35.9 Å². The highest BCUT2D eigenvalue weighted by molar-refractivity contribution is 6.00. The lowest BCUT2D eigenvalue weighted by Gasteiger charge is -2.33. The van der Waals surface area contributed by atoms with Crippen LogP contribution in [0.1, 0.15) is 49.5 Å². The van der Waals surface area contributed by atoms with Gasteiger partial charge >= 0.3 is 6.09 Å². The van der Waals surface area contributed by atoms with Gasteiger partial charge in [-0.25, -0.2) is 4.79 Å². The van der Waals surface area contributed by atoms with E-state index in [1.807, 2.05) is 50.7 Å². The van der Waals surface area contributed by atoms with Gasteiger partial charge in [0.2, 0.25) is 0 Å². The van der Waals surface area contributed by atoms with Gasteiger partial charge in [-0.15, -0.1) is 0 Å². The van der Waals surface area contributed by atoms with Gasteiger partial charge in [-0.05, 0) is 64.2 Å². The van der Waals surface area contributed by atoms with E-state index in [4.69, 9.17) is 14.6 Å². The van der Waals surface area contributed by atoms with Gasteiger partial charge < -0.3 is 19.7 Å². The number of likely N-dealkylation sites (tertiary alicyclic amines) is 1. The Morgan fingerprint density at radius 1 is 1.23 bits per heavy atom. The van der Waals surface area contributed by atoms with Crippen molar-refractivity contribution in [1.82, 2.24) is 20.0 Å². The molecule has 0 aliphatic carbocycles. The van der Waals surface area contributed by atoms with Gasteiger partial charge in [0.05, 0.1) is 12.1 Å². The molecule has 1 aliphatic rings. The van der Waals surface area contributed by atoms with Gasteiger partial charge in [0, 0.05) is 50.4 Å². The molecule has 0 saturated carbocycles. The van der Waals surface area contributed by atoms with Gasteiger partial charge in [-0.3, -0.25) is 9.48 Å². The number of methoxy groups -OCH3 is 1. The van der Waals surface area contributed by atoms with Crippen LogP contribution in [0.3, 0.4) is 0 Å². The first-order valence-electron chi connectivity index (χ1n) is 10.9. The first kappa shape index (κ1) is 23.1. The minimum atomic E-state index is -0.472. The third-order valence-corrected chi connectivity index (χ3v) is 5.55. The average molecular weight is 431 g/mol. The Labute approximate surface area is 183 Å². The number of fused-ring (bicyclic) bond motifs is 1. The Kier molecular flexibility index (Phi) is 7.20. The molecular formula is C23H34N4O4. The molecule has 1 saturated heterocycles. The highest BCUT2D eigenvalue weighted by atomic mass is 16.6. The van der Waals surface area contributed by atoms with E-state index in [0.29, 0.717) is 37.7 Å². The molecule has 8 nitrogen and oxygen atoms in total. The number of carbonyl (C=O) groups excluding carboxylic acids is 2. The topological polar surface area (TPSA) is 85.7 Å². The summed E-state index contributed by atoms with van der Waals surface area (Å²) in [5.41, 5.74) is 2.00. The molecule has 31 heavy (non-hydrogen) atoms. The largest absolute Gasteiger partial charge is 0.444 e. The molecule has 8 heteroatoms. The highest BCUT2D eigenvalue weighted by Gasteiger charge is 2.27. The lowest BCUT2D eigenvalue weighted by atomic mass is 9.97. The molecule has 1 aromatic carbocycles. The molecule has 0 unspecified atom stereocenters. The quantitative estimate of drug-likeness (QED) is 0.710. The van der Waals surface area contributed by atoms with E-state index in [1.165, 1.54) is 0 Å². The second kappa shape index (κ2) is 9.68. The monoisotopic (exact) mass is 430 g/mol. The van der Waals surface area contributed by atoms with Crippen molar-refractivity contribution in [2.75, 3.05) is 33.4 Å². The van der Waals surface area contributed by atoms with Crippen molar-refractivity contribution < 1.29 is 19.1 Å². The number of carbonyl (C=O) groups is 2. The SMILES string of the molecule is COCCNC(=O)c1ccc2nn(CC3CCN(C(=O)OC(C)(C)C)CC3)cc2c1C. The highest BCUT2D eigenvalue weighted by Crippen LogP contribution is 2.24. The van der Waals surface area contributed by atoms with E-state index in [2.05, 4.69) is 5.32 Å². The summed E-state index contributed by atoms with van der Waals surface area (Å²) in [7, 11) is 1.61. The van der Waals surface area contributed by atoms with Crippen LogP contribution in [0, 0.1) is 12.8 Å². The van der Waals surface area contributed by atoms with Crippen molar-refractivity contribution in [3.8, 4) is 0 Å². The van der Waals surface area contributed by atoms with Crippen LogP contribution >= 0.6 is 0 Å². The Morgan fingerprint density at radius 2 is 1.94 bits per heavy atom. The molecular weight excluding hydrogens is 396 g/mol. The zero-order valence-electron chi connectivity index (χ0n) is 19.2. The normalized spacial score (nSPS) is 15.3. The molecule has 0 radical (unpaired) electrons. The number of benzene rings is 1.